The van der Waals surface area contributed by atoms with Crippen molar-refractivity contribution in [2.45, 2.75) is 32.1 Å². The molecular weight excluding hydrogens is 775 g/mol. The summed E-state index contributed by atoms with van der Waals surface area (Å²) in [5.41, 5.74) is 16.0. The second kappa shape index (κ2) is 13.2. The van der Waals surface area contributed by atoms with E-state index in [0.29, 0.717) is 5.92 Å². The number of fused-ring (bicyclic) bond motifs is 13. The molecule has 2 atom stereocenters. The summed E-state index contributed by atoms with van der Waals surface area (Å²) in [6, 6.07) is 62.0. The summed E-state index contributed by atoms with van der Waals surface area (Å²) < 4.78 is 15.8. The molecule has 3 aromatic heterocycles. The molecule has 8 aromatic carbocycles. The van der Waals surface area contributed by atoms with Crippen LogP contribution in [0.4, 0.5) is 17.1 Å². The summed E-state index contributed by atoms with van der Waals surface area (Å²) in [4.78, 5) is 2.42. The van der Waals surface area contributed by atoms with Crippen LogP contribution in [0.25, 0.3) is 81.4 Å². The van der Waals surface area contributed by atoms with Crippen molar-refractivity contribution in [3.05, 3.63) is 204 Å². The first-order valence-corrected chi connectivity index (χ1v) is 22.4. The van der Waals surface area contributed by atoms with Crippen LogP contribution in [0.5, 0.6) is 0 Å². The number of thiophene rings is 1. The Bertz CT molecular complexity index is 3640. The molecule has 0 amide bonds. The highest BCUT2D eigenvalue weighted by Gasteiger charge is 2.38. The summed E-state index contributed by atoms with van der Waals surface area (Å²) in [5, 5.41) is 6.13. The molecule has 296 valence electrons. The number of hydrogen-bond acceptors (Lipinski definition) is 4. The molecule has 0 aliphatic heterocycles. The van der Waals surface area contributed by atoms with E-state index in [2.05, 4.69) is 196 Å². The third-order valence-electron chi connectivity index (χ3n) is 13.8. The lowest BCUT2D eigenvalue weighted by molar-refractivity contribution is 0.469. The van der Waals surface area contributed by atoms with Crippen molar-refractivity contribution in [3.63, 3.8) is 0 Å². The second-order valence-electron chi connectivity index (χ2n) is 17.6. The Morgan fingerprint density at radius 2 is 1.23 bits per heavy atom. The van der Waals surface area contributed by atoms with E-state index in [9.17, 15) is 0 Å². The van der Waals surface area contributed by atoms with Gasteiger partial charge in [0.05, 0.1) is 0 Å². The summed E-state index contributed by atoms with van der Waals surface area (Å²) in [5.74, 6) is 1.46. The molecule has 0 bridgehead atoms. The molecule has 0 saturated carbocycles. The smallest absolute Gasteiger partial charge is 0.143 e. The second-order valence-corrected chi connectivity index (χ2v) is 18.7. The van der Waals surface area contributed by atoms with E-state index < -0.39 is 0 Å². The molecule has 0 spiro atoms. The molecule has 13 rings (SSSR count). The van der Waals surface area contributed by atoms with Crippen LogP contribution in [-0.2, 0) is 5.41 Å². The molecule has 3 nitrogen and oxygen atoms in total. The highest BCUT2D eigenvalue weighted by Crippen LogP contribution is 2.55. The molecular formula is C58H41NO2S. The number of nitrogens with zero attached hydrogens (tertiary/aromatic N) is 1. The Labute approximate surface area is 363 Å². The third-order valence-corrected chi connectivity index (χ3v) is 15.0. The zero-order chi connectivity index (χ0) is 41.3. The van der Waals surface area contributed by atoms with Crippen LogP contribution < -0.4 is 4.90 Å². The lowest BCUT2D eigenvalue weighted by Crippen LogP contribution is -2.17. The molecule has 3 heterocycles. The van der Waals surface area contributed by atoms with Gasteiger partial charge in [-0.3, -0.25) is 0 Å². The van der Waals surface area contributed by atoms with Gasteiger partial charge in [-0.05, 0) is 88.3 Å². The fourth-order valence-electron chi connectivity index (χ4n) is 10.7. The molecule has 11 aromatic rings. The predicted molar refractivity (Wildman–Crippen MR) is 261 cm³/mol. The van der Waals surface area contributed by atoms with Crippen LogP contribution in [0.1, 0.15) is 54.7 Å². The zero-order valence-electron chi connectivity index (χ0n) is 34.6. The fourth-order valence-corrected chi connectivity index (χ4v) is 12.0. The average molecular weight is 816 g/mol. The van der Waals surface area contributed by atoms with Gasteiger partial charge in [0.25, 0.3) is 0 Å². The van der Waals surface area contributed by atoms with Crippen LogP contribution in [0, 0.1) is 5.92 Å². The fraction of sp³-hybridized carbons (Fsp3) is 0.103. The molecule has 0 saturated heterocycles. The van der Waals surface area contributed by atoms with Gasteiger partial charge in [-0.25, -0.2) is 0 Å². The highest BCUT2D eigenvalue weighted by molar-refractivity contribution is 7.26. The van der Waals surface area contributed by atoms with Gasteiger partial charge in [0, 0.05) is 81.4 Å². The Morgan fingerprint density at radius 3 is 2.03 bits per heavy atom. The molecule has 2 aliphatic carbocycles. The van der Waals surface area contributed by atoms with Crippen molar-refractivity contribution in [2.75, 3.05) is 4.90 Å². The lowest BCUT2D eigenvalue weighted by Gasteiger charge is -2.29. The minimum atomic E-state index is -0.176. The van der Waals surface area contributed by atoms with Gasteiger partial charge >= 0.3 is 0 Å². The maximum atomic E-state index is 6.60. The molecule has 4 heteroatoms. The van der Waals surface area contributed by atoms with Crippen LogP contribution >= 0.6 is 11.3 Å². The highest BCUT2D eigenvalue weighted by atomic mass is 32.1. The molecule has 2 unspecified atom stereocenters. The van der Waals surface area contributed by atoms with Gasteiger partial charge < -0.3 is 13.7 Å². The van der Waals surface area contributed by atoms with E-state index in [1.807, 2.05) is 23.5 Å². The Hall–Kier alpha value is -7.14. The summed E-state index contributed by atoms with van der Waals surface area (Å²) in [6.45, 7) is 7.07. The topological polar surface area (TPSA) is 29.5 Å². The largest absolute Gasteiger partial charge is 0.460 e. The Kier molecular flexibility index (Phi) is 7.57. The molecule has 0 N–H and O–H groups in total. The van der Waals surface area contributed by atoms with Crippen molar-refractivity contribution in [2.24, 2.45) is 5.92 Å². The molecule has 62 heavy (non-hydrogen) atoms. The van der Waals surface area contributed by atoms with Gasteiger partial charge in [0.15, 0.2) is 0 Å². The first kappa shape index (κ1) is 35.6. The van der Waals surface area contributed by atoms with E-state index in [1.54, 1.807) is 0 Å². The normalized spacial score (nSPS) is 16.4. The van der Waals surface area contributed by atoms with Gasteiger partial charge in [-0.2, -0.15) is 0 Å². The lowest BCUT2D eigenvalue weighted by atomic mass is 9.80. The van der Waals surface area contributed by atoms with Crippen LogP contribution in [0.2, 0.25) is 0 Å². The minimum Gasteiger partial charge on any atom is -0.460 e. The average Bonchev–Trinajstić information content (AvgIpc) is 4.05. The molecule has 0 fully saturated rings. The van der Waals surface area contributed by atoms with E-state index in [0.717, 1.165) is 61.5 Å². The molecule has 0 radical (unpaired) electrons. The van der Waals surface area contributed by atoms with Crippen molar-refractivity contribution < 1.29 is 8.83 Å². The SMILES string of the molecule is CC1C=Cc2c(oc3ccccc23)C1c1ccc(N(c2ccc(-c3cccc4c3oc3ccccc34)cc2)c2ccc3c(c2)C(C)(C)c2ccc4c(sc5ccccc54)c2-3)cc1. The number of rotatable bonds is 5. The first-order chi connectivity index (χ1) is 30.4. The number of allylic oxidation sites excluding steroid dienone is 1. The van der Waals surface area contributed by atoms with E-state index in [4.69, 9.17) is 8.83 Å². The van der Waals surface area contributed by atoms with Gasteiger partial charge in [0.1, 0.15) is 22.5 Å². The maximum Gasteiger partial charge on any atom is 0.143 e. The zero-order valence-corrected chi connectivity index (χ0v) is 35.5. The minimum absolute atomic E-state index is 0.121. The van der Waals surface area contributed by atoms with E-state index in [1.165, 1.54) is 58.9 Å². The number of furan rings is 2. The number of hydrogen-bond donors (Lipinski definition) is 0. The number of anilines is 3. The van der Waals surface area contributed by atoms with Crippen LogP contribution in [0.15, 0.2) is 185 Å². The molecule has 2 aliphatic rings. The Morgan fingerprint density at radius 1 is 0.548 bits per heavy atom. The number of para-hydroxylation sites is 3. The third kappa shape index (κ3) is 5.11. The summed E-state index contributed by atoms with van der Waals surface area (Å²) >= 11 is 1.92. The summed E-state index contributed by atoms with van der Waals surface area (Å²) in [6.07, 6.45) is 4.58. The maximum absolute atomic E-state index is 6.60. The van der Waals surface area contributed by atoms with Crippen LogP contribution in [-0.4, -0.2) is 0 Å². The standard InChI is InChI=1S/C58H41NO2S/c1-34-19-29-45-42-12-5-8-17-51(42)61-56(45)53(34)36-22-26-38(27-23-36)59(37-24-20-35(21-25-37)40-14-10-15-44-41-11-4-7-16-50(41)60-55(40)44)39-28-30-47-49(33-39)58(2,3)48-32-31-46-43-13-6-9-18-52(43)62-57(46)54(47)48/h4-34,53H,1-3H3. The number of benzene rings is 8. The monoisotopic (exact) mass is 815 g/mol. The van der Waals surface area contributed by atoms with Crippen molar-refractivity contribution in [3.8, 4) is 22.3 Å². The first-order valence-electron chi connectivity index (χ1n) is 21.6. The predicted octanol–water partition coefficient (Wildman–Crippen LogP) is 16.9. The van der Waals surface area contributed by atoms with Crippen molar-refractivity contribution in [1.29, 1.82) is 0 Å². The van der Waals surface area contributed by atoms with Gasteiger partial charge in [0.2, 0.25) is 0 Å². The summed E-state index contributed by atoms with van der Waals surface area (Å²) in [7, 11) is 0. The van der Waals surface area contributed by atoms with Gasteiger partial charge in [-0.1, -0.05) is 148 Å². The van der Waals surface area contributed by atoms with Crippen molar-refractivity contribution in [1.82, 2.24) is 0 Å². The van der Waals surface area contributed by atoms with E-state index >= 15 is 0 Å². The van der Waals surface area contributed by atoms with E-state index in [-0.39, 0.29) is 11.3 Å². The Balaban J connectivity index is 0.945. The van der Waals surface area contributed by atoms with Crippen molar-refractivity contribution >= 4 is 87.6 Å². The quantitative estimate of drug-likeness (QED) is 0.173. The van der Waals surface area contributed by atoms with Gasteiger partial charge in [-0.15, -0.1) is 11.3 Å². The van der Waals surface area contributed by atoms with Crippen LogP contribution in [0.3, 0.4) is 0 Å².